The molecule has 0 unspecified atom stereocenters. The molecule has 0 heterocycles. The number of hydrogen-bond acceptors (Lipinski definition) is 3. The van der Waals surface area contributed by atoms with E-state index in [-0.39, 0.29) is 11.7 Å². The minimum Gasteiger partial charge on any atom is -0.508 e. The number of aryl methyl sites for hydroxylation is 1. The molecule has 4 N–H and O–H groups in total. The smallest absolute Gasteiger partial charge is 0.331 e. The van der Waals surface area contributed by atoms with Gasteiger partial charge in [0.2, 0.25) is 0 Å². The Bertz CT molecular complexity index is 514. The minimum absolute atomic E-state index is 0.131. The highest BCUT2D eigenvalue weighted by atomic mass is 16.3. The molecular weight excluding hydrogens is 244 g/mol. The zero-order chi connectivity index (χ0) is 14.7. The molecule has 6 nitrogen and oxygen atoms in total. The minimum atomic E-state index is -0.396. The Kier molecular flexibility index (Phi) is 4.37. The maximum absolute atomic E-state index is 12.3. The summed E-state index contributed by atoms with van der Waals surface area (Å²) in [6.45, 7) is 5.66. The fraction of sp³-hybridized carbons (Fsp3) is 0.385. The number of carbonyl (C=O) groups is 1. The molecule has 1 aromatic carbocycles. The Hall–Kier alpha value is -2.24. The zero-order valence-electron chi connectivity index (χ0n) is 11.7. The second-order valence-corrected chi connectivity index (χ2v) is 4.35. The molecule has 0 saturated carbocycles. The van der Waals surface area contributed by atoms with Crippen molar-refractivity contribution in [2.24, 2.45) is 5.73 Å². The lowest BCUT2D eigenvalue weighted by Gasteiger charge is -2.28. The predicted molar refractivity (Wildman–Crippen MR) is 75.7 cm³/mol. The van der Waals surface area contributed by atoms with Gasteiger partial charge in [0.15, 0.2) is 5.96 Å². The van der Waals surface area contributed by atoms with Crippen molar-refractivity contribution < 1.29 is 9.90 Å². The number of phenolic OH excluding ortho intramolecular Hbond substituents is 1. The highest BCUT2D eigenvalue weighted by molar-refractivity contribution is 6.03. The molecule has 2 amide bonds. The van der Waals surface area contributed by atoms with Crippen LogP contribution in [0.5, 0.6) is 5.75 Å². The Morgan fingerprint density at radius 1 is 1.42 bits per heavy atom. The molecule has 0 aromatic heterocycles. The van der Waals surface area contributed by atoms with E-state index in [9.17, 15) is 9.90 Å². The summed E-state index contributed by atoms with van der Waals surface area (Å²) in [4.78, 5) is 14.8. The third-order valence-electron chi connectivity index (χ3n) is 3.06. The molecule has 1 rings (SSSR count). The van der Waals surface area contributed by atoms with Crippen molar-refractivity contribution in [2.45, 2.75) is 20.8 Å². The van der Waals surface area contributed by atoms with E-state index in [1.807, 2.05) is 6.92 Å². The first-order chi connectivity index (χ1) is 8.81. The number of nitrogens with two attached hydrogens (primary N) is 1. The molecule has 0 bridgehead atoms. The van der Waals surface area contributed by atoms with Crippen molar-refractivity contribution in [1.82, 2.24) is 4.90 Å². The molecule has 0 radical (unpaired) electrons. The second kappa shape index (κ2) is 5.60. The molecule has 0 aliphatic carbocycles. The van der Waals surface area contributed by atoms with Crippen LogP contribution in [0.3, 0.4) is 0 Å². The Labute approximate surface area is 112 Å². The van der Waals surface area contributed by atoms with E-state index in [1.54, 1.807) is 33.0 Å². The molecule has 6 heteroatoms. The van der Waals surface area contributed by atoms with Crippen LogP contribution in [0.25, 0.3) is 0 Å². The fourth-order valence-electron chi connectivity index (χ4n) is 2.03. The molecule has 0 aliphatic rings. The summed E-state index contributed by atoms with van der Waals surface area (Å²) in [5.74, 6) is -0.166. The lowest BCUT2D eigenvalue weighted by Crippen LogP contribution is -2.47. The van der Waals surface area contributed by atoms with Gasteiger partial charge in [0.05, 0.1) is 5.69 Å². The number of amides is 2. The van der Waals surface area contributed by atoms with Crippen LogP contribution in [-0.4, -0.2) is 35.6 Å². The average molecular weight is 264 g/mol. The van der Waals surface area contributed by atoms with Crippen LogP contribution in [0.2, 0.25) is 0 Å². The van der Waals surface area contributed by atoms with Gasteiger partial charge < -0.3 is 10.8 Å². The summed E-state index contributed by atoms with van der Waals surface area (Å²) in [7, 11) is 1.60. The van der Waals surface area contributed by atoms with Crippen LogP contribution in [0, 0.1) is 19.3 Å². The Morgan fingerprint density at radius 2 is 2.00 bits per heavy atom. The number of rotatable bonds is 2. The number of nitrogens with one attached hydrogen (secondary N) is 1. The first-order valence-electron chi connectivity index (χ1n) is 5.99. The maximum atomic E-state index is 12.3. The zero-order valence-corrected chi connectivity index (χ0v) is 11.7. The van der Waals surface area contributed by atoms with E-state index in [1.165, 1.54) is 4.90 Å². The van der Waals surface area contributed by atoms with Gasteiger partial charge in [-0.15, -0.1) is 0 Å². The molecular formula is C13H20N4O2. The molecule has 0 fully saturated rings. The van der Waals surface area contributed by atoms with E-state index >= 15 is 0 Å². The van der Waals surface area contributed by atoms with Gasteiger partial charge in [-0.05, 0) is 32.4 Å². The van der Waals surface area contributed by atoms with Gasteiger partial charge in [-0.25, -0.2) is 4.79 Å². The molecule has 0 spiro atoms. The number of anilines is 1. The molecule has 0 atom stereocenters. The Balaban J connectivity index is 3.20. The van der Waals surface area contributed by atoms with E-state index in [0.29, 0.717) is 17.8 Å². The second-order valence-electron chi connectivity index (χ2n) is 4.35. The predicted octanol–water partition coefficient (Wildman–Crippen LogP) is 1.78. The quantitative estimate of drug-likeness (QED) is 0.561. The molecule has 104 valence electrons. The van der Waals surface area contributed by atoms with Gasteiger partial charge in [-0.3, -0.25) is 15.2 Å². The van der Waals surface area contributed by atoms with Crippen LogP contribution in [0.4, 0.5) is 10.5 Å². The van der Waals surface area contributed by atoms with Gasteiger partial charge in [0.1, 0.15) is 5.75 Å². The van der Waals surface area contributed by atoms with E-state index in [0.717, 1.165) is 10.5 Å². The number of benzene rings is 1. The van der Waals surface area contributed by atoms with E-state index < -0.39 is 6.03 Å². The molecule has 0 saturated heterocycles. The van der Waals surface area contributed by atoms with Crippen LogP contribution in [-0.2, 0) is 0 Å². The standard InChI is InChI=1S/C13H20N4O2/c1-5-17(12(14)15)13(19)16(4)11-8(2)6-7-10(18)9(11)3/h6-7,18H,5H2,1-4H3,(H3,14,15). The summed E-state index contributed by atoms with van der Waals surface area (Å²) in [5.41, 5.74) is 7.50. The van der Waals surface area contributed by atoms with Crippen molar-refractivity contribution in [1.29, 1.82) is 5.41 Å². The highest BCUT2D eigenvalue weighted by Crippen LogP contribution is 2.31. The van der Waals surface area contributed by atoms with E-state index in [2.05, 4.69) is 0 Å². The van der Waals surface area contributed by atoms with Crippen molar-refractivity contribution in [3.05, 3.63) is 23.3 Å². The largest absolute Gasteiger partial charge is 0.508 e. The maximum Gasteiger partial charge on any atom is 0.331 e. The number of phenols is 1. The number of hydrogen-bond donors (Lipinski definition) is 3. The summed E-state index contributed by atoms with van der Waals surface area (Å²) < 4.78 is 0. The van der Waals surface area contributed by atoms with Crippen LogP contribution < -0.4 is 10.6 Å². The number of aromatic hydroxyl groups is 1. The van der Waals surface area contributed by atoms with Crippen LogP contribution >= 0.6 is 0 Å². The third kappa shape index (κ3) is 2.78. The third-order valence-corrected chi connectivity index (χ3v) is 3.06. The SMILES string of the molecule is CCN(C(=N)N)C(=O)N(C)c1c(C)ccc(O)c1C. The number of guanidine groups is 1. The number of nitrogens with zero attached hydrogens (tertiary/aromatic N) is 2. The summed E-state index contributed by atoms with van der Waals surface area (Å²) in [6.07, 6.45) is 0. The Morgan fingerprint density at radius 3 is 2.47 bits per heavy atom. The first kappa shape index (κ1) is 14.8. The van der Waals surface area contributed by atoms with Gasteiger partial charge in [-0.1, -0.05) is 6.07 Å². The van der Waals surface area contributed by atoms with Crippen molar-refractivity contribution in [3.8, 4) is 5.75 Å². The lowest BCUT2D eigenvalue weighted by atomic mass is 10.1. The highest BCUT2D eigenvalue weighted by Gasteiger charge is 2.23. The van der Waals surface area contributed by atoms with Crippen LogP contribution in [0.15, 0.2) is 12.1 Å². The van der Waals surface area contributed by atoms with E-state index in [4.69, 9.17) is 11.1 Å². The van der Waals surface area contributed by atoms with Crippen molar-refractivity contribution >= 4 is 17.7 Å². The van der Waals surface area contributed by atoms with Gasteiger partial charge in [-0.2, -0.15) is 0 Å². The lowest BCUT2D eigenvalue weighted by molar-refractivity contribution is 0.229. The summed E-state index contributed by atoms with van der Waals surface area (Å²) in [5, 5.41) is 17.1. The number of urea groups is 1. The fourth-order valence-corrected chi connectivity index (χ4v) is 2.03. The van der Waals surface area contributed by atoms with Crippen LogP contribution in [0.1, 0.15) is 18.1 Å². The van der Waals surface area contributed by atoms with Gasteiger partial charge in [0.25, 0.3) is 0 Å². The number of carbonyl (C=O) groups excluding carboxylic acids is 1. The molecule has 19 heavy (non-hydrogen) atoms. The normalized spacial score (nSPS) is 10.1. The topological polar surface area (TPSA) is 93.7 Å². The first-order valence-corrected chi connectivity index (χ1v) is 5.99. The summed E-state index contributed by atoms with van der Waals surface area (Å²) in [6, 6.07) is 2.94. The van der Waals surface area contributed by atoms with Gasteiger partial charge in [0, 0.05) is 19.2 Å². The molecule has 0 aliphatic heterocycles. The van der Waals surface area contributed by atoms with Crippen molar-refractivity contribution in [3.63, 3.8) is 0 Å². The monoisotopic (exact) mass is 264 g/mol. The van der Waals surface area contributed by atoms with Crippen molar-refractivity contribution in [2.75, 3.05) is 18.5 Å². The molecule has 1 aromatic rings. The van der Waals surface area contributed by atoms with Gasteiger partial charge >= 0.3 is 6.03 Å². The average Bonchev–Trinajstić information content (AvgIpc) is 2.34. The summed E-state index contributed by atoms with van der Waals surface area (Å²) >= 11 is 0.